The van der Waals surface area contributed by atoms with Gasteiger partial charge in [0.2, 0.25) is 0 Å². The van der Waals surface area contributed by atoms with Gasteiger partial charge in [-0.15, -0.1) is 0 Å². The lowest BCUT2D eigenvalue weighted by Crippen LogP contribution is -2.46. The first-order valence-corrected chi connectivity index (χ1v) is 6.49. The maximum atomic E-state index is 12.1. The van der Waals surface area contributed by atoms with Crippen LogP contribution < -0.4 is 5.32 Å². The van der Waals surface area contributed by atoms with Crippen molar-refractivity contribution in [1.82, 2.24) is 5.32 Å². The first kappa shape index (κ1) is 16.7. The molecule has 114 valence electrons. The van der Waals surface area contributed by atoms with Crippen LogP contribution in [0, 0.1) is 5.92 Å². The Morgan fingerprint density at radius 1 is 1.32 bits per heavy atom. The summed E-state index contributed by atoms with van der Waals surface area (Å²) in [5.41, 5.74) is -0.633. The Kier molecular flexibility index (Phi) is 4.91. The van der Waals surface area contributed by atoms with Crippen LogP contribution in [0.25, 0.3) is 0 Å². The van der Waals surface area contributed by atoms with E-state index in [1.807, 2.05) is 27.7 Å². The highest BCUT2D eigenvalue weighted by Gasteiger charge is 2.48. The van der Waals surface area contributed by atoms with Crippen LogP contribution in [0.5, 0.6) is 0 Å². The topological polar surface area (TPSA) is 30.5 Å². The molecule has 0 aliphatic carbocycles. The summed E-state index contributed by atoms with van der Waals surface area (Å²) < 4.78 is 47.0. The third-order valence-corrected chi connectivity index (χ3v) is 3.56. The van der Waals surface area contributed by atoms with Crippen LogP contribution in [0.4, 0.5) is 13.2 Å². The van der Waals surface area contributed by atoms with E-state index >= 15 is 0 Å². The van der Waals surface area contributed by atoms with Crippen molar-refractivity contribution in [3.05, 3.63) is 0 Å². The second-order valence-corrected chi connectivity index (χ2v) is 6.30. The molecule has 2 atom stereocenters. The molecule has 1 aliphatic rings. The fraction of sp³-hybridized carbons (Fsp3) is 1.00. The predicted octanol–water partition coefficient (Wildman–Crippen LogP) is 2.75. The van der Waals surface area contributed by atoms with Gasteiger partial charge < -0.3 is 14.8 Å². The van der Waals surface area contributed by atoms with Gasteiger partial charge in [0, 0.05) is 12.0 Å². The van der Waals surface area contributed by atoms with Crippen molar-refractivity contribution in [2.45, 2.75) is 57.5 Å². The number of halogens is 3. The number of ether oxygens (including phenoxy) is 2. The van der Waals surface area contributed by atoms with Crippen molar-refractivity contribution in [2.24, 2.45) is 5.92 Å². The monoisotopic (exact) mass is 283 g/mol. The zero-order valence-electron chi connectivity index (χ0n) is 12.2. The van der Waals surface area contributed by atoms with E-state index < -0.39 is 12.8 Å². The Morgan fingerprint density at radius 2 is 1.89 bits per heavy atom. The van der Waals surface area contributed by atoms with E-state index in [0.717, 1.165) is 6.42 Å². The Balaban J connectivity index is 2.60. The smallest absolute Gasteiger partial charge is 0.370 e. The molecule has 1 saturated heterocycles. The lowest BCUT2D eigenvalue weighted by Gasteiger charge is -2.32. The fourth-order valence-corrected chi connectivity index (χ4v) is 2.93. The van der Waals surface area contributed by atoms with Crippen LogP contribution in [-0.4, -0.2) is 43.7 Å². The molecule has 2 unspecified atom stereocenters. The van der Waals surface area contributed by atoms with Gasteiger partial charge in [-0.1, -0.05) is 0 Å². The summed E-state index contributed by atoms with van der Waals surface area (Å²) in [7, 11) is 1.74. The normalized spacial score (nSPS) is 27.5. The minimum Gasteiger partial charge on any atom is -0.370 e. The van der Waals surface area contributed by atoms with E-state index in [1.165, 1.54) is 0 Å². The molecule has 0 aromatic carbocycles. The van der Waals surface area contributed by atoms with Gasteiger partial charge in [0.1, 0.15) is 6.61 Å². The molecule has 0 saturated carbocycles. The van der Waals surface area contributed by atoms with Crippen LogP contribution in [0.2, 0.25) is 0 Å². The highest BCUT2D eigenvalue weighted by Crippen LogP contribution is 2.43. The van der Waals surface area contributed by atoms with Crippen molar-refractivity contribution in [3.63, 3.8) is 0 Å². The molecule has 0 amide bonds. The fourth-order valence-electron chi connectivity index (χ4n) is 2.93. The third kappa shape index (κ3) is 4.93. The zero-order valence-corrected chi connectivity index (χ0v) is 12.2. The lowest BCUT2D eigenvalue weighted by atomic mass is 9.82. The standard InChI is InChI=1S/C13H24F3NO2/c1-11(2)6-9(12(3,4)19-11)10(17-5)7-18-8-13(14,15)16/h9-10,17H,6-8H2,1-5H3. The van der Waals surface area contributed by atoms with E-state index in [9.17, 15) is 13.2 Å². The average molecular weight is 283 g/mol. The van der Waals surface area contributed by atoms with Crippen LogP contribution >= 0.6 is 0 Å². The van der Waals surface area contributed by atoms with Gasteiger partial charge in [0.05, 0.1) is 17.8 Å². The van der Waals surface area contributed by atoms with Gasteiger partial charge in [-0.05, 0) is 41.2 Å². The molecule has 1 N–H and O–H groups in total. The summed E-state index contributed by atoms with van der Waals surface area (Å²) in [6.07, 6.45) is -3.49. The van der Waals surface area contributed by atoms with Gasteiger partial charge in [-0.25, -0.2) is 0 Å². The lowest BCUT2D eigenvalue weighted by molar-refractivity contribution is -0.176. The summed E-state index contributed by atoms with van der Waals surface area (Å²) in [5, 5.41) is 3.05. The second kappa shape index (κ2) is 5.58. The number of alkyl halides is 3. The van der Waals surface area contributed by atoms with Crippen molar-refractivity contribution < 1.29 is 22.6 Å². The summed E-state index contributed by atoms with van der Waals surface area (Å²) in [4.78, 5) is 0. The Hall–Kier alpha value is -0.330. The first-order valence-electron chi connectivity index (χ1n) is 6.49. The second-order valence-electron chi connectivity index (χ2n) is 6.30. The SMILES string of the molecule is CNC(COCC(F)(F)F)C1CC(C)(C)OC1(C)C. The quantitative estimate of drug-likeness (QED) is 0.841. The van der Waals surface area contributed by atoms with Gasteiger partial charge in [-0.2, -0.15) is 13.2 Å². The van der Waals surface area contributed by atoms with Crippen LogP contribution in [0.1, 0.15) is 34.1 Å². The maximum absolute atomic E-state index is 12.1. The van der Waals surface area contributed by atoms with E-state index in [2.05, 4.69) is 5.32 Å². The van der Waals surface area contributed by atoms with E-state index in [0.29, 0.717) is 0 Å². The molecule has 6 heteroatoms. The van der Waals surface area contributed by atoms with E-state index in [1.54, 1.807) is 7.05 Å². The minimum atomic E-state index is -4.28. The zero-order chi connectivity index (χ0) is 14.9. The molecule has 0 bridgehead atoms. The van der Waals surface area contributed by atoms with Crippen molar-refractivity contribution >= 4 is 0 Å². The highest BCUT2D eigenvalue weighted by molar-refractivity contribution is 4.99. The summed E-state index contributed by atoms with van der Waals surface area (Å²) in [6.45, 7) is 6.77. The first-order chi connectivity index (χ1) is 8.47. The summed E-state index contributed by atoms with van der Waals surface area (Å²) in [6, 6.07) is -0.154. The molecule has 0 spiro atoms. The van der Waals surface area contributed by atoms with Crippen LogP contribution in [-0.2, 0) is 9.47 Å². The van der Waals surface area contributed by atoms with E-state index in [4.69, 9.17) is 9.47 Å². The number of nitrogens with one attached hydrogen (secondary N) is 1. The van der Waals surface area contributed by atoms with E-state index in [-0.39, 0.29) is 29.8 Å². The molecule has 3 nitrogen and oxygen atoms in total. The molecule has 0 radical (unpaired) electrons. The third-order valence-electron chi connectivity index (χ3n) is 3.56. The van der Waals surface area contributed by atoms with Gasteiger partial charge in [0.15, 0.2) is 0 Å². The maximum Gasteiger partial charge on any atom is 0.411 e. The Bertz CT molecular complexity index is 303. The number of hydrogen-bond donors (Lipinski definition) is 1. The van der Waals surface area contributed by atoms with Gasteiger partial charge >= 0.3 is 6.18 Å². The average Bonchev–Trinajstić information content (AvgIpc) is 2.40. The number of rotatable bonds is 5. The summed E-state index contributed by atoms with van der Waals surface area (Å²) in [5.74, 6) is 0.112. The van der Waals surface area contributed by atoms with Crippen molar-refractivity contribution in [1.29, 1.82) is 0 Å². The molecule has 0 aromatic rings. The largest absolute Gasteiger partial charge is 0.411 e. The Morgan fingerprint density at radius 3 is 2.26 bits per heavy atom. The molecule has 0 aromatic heterocycles. The minimum absolute atomic E-state index is 0.0313. The molecule has 1 heterocycles. The Labute approximate surface area is 112 Å². The molecule has 19 heavy (non-hydrogen) atoms. The van der Waals surface area contributed by atoms with Crippen molar-refractivity contribution in [2.75, 3.05) is 20.3 Å². The van der Waals surface area contributed by atoms with Crippen molar-refractivity contribution in [3.8, 4) is 0 Å². The molecule has 1 fully saturated rings. The summed E-state index contributed by atoms with van der Waals surface area (Å²) >= 11 is 0. The molecule has 1 aliphatic heterocycles. The molecular formula is C13H24F3NO2. The highest BCUT2D eigenvalue weighted by atomic mass is 19.4. The number of hydrogen-bond acceptors (Lipinski definition) is 3. The molecule has 1 rings (SSSR count). The number of likely N-dealkylation sites (N-methyl/N-ethyl adjacent to an activating group) is 1. The van der Waals surface area contributed by atoms with Crippen LogP contribution in [0.15, 0.2) is 0 Å². The van der Waals surface area contributed by atoms with Crippen LogP contribution in [0.3, 0.4) is 0 Å². The predicted molar refractivity (Wildman–Crippen MR) is 67.1 cm³/mol. The molecular weight excluding hydrogens is 259 g/mol. The van der Waals surface area contributed by atoms with Gasteiger partial charge in [0.25, 0.3) is 0 Å². The van der Waals surface area contributed by atoms with Gasteiger partial charge in [-0.3, -0.25) is 0 Å².